The minimum absolute atomic E-state index is 0.154. The predicted molar refractivity (Wildman–Crippen MR) is 62.1 cm³/mol. The average molecular weight is 237 g/mol. The number of aliphatic carboxylic acids is 1. The molecular weight excluding hydrogens is 226 g/mol. The van der Waals surface area contributed by atoms with Crippen molar-refractivity contribution in [2.75, 3.05) is 7.11 Å². The summed E-state index contributed by atoms with van der Waals surface area (Å²) >= 11 is 1.46. The molecule has 0 spiro atoms. The third kappa shape index (κ3) is 2.30. The average Bonchev–Trinajstić information content (AvgIpc) is 2.68. The lowest BCUT2D eigenvalue weighted by Crippen LogP contribution is -1.96. The van der Waals surface area contributed by atoms with Crippen LogP contribution in [0.3, 0.4) is 0 Å². The highest BCUT2D eigenvalue weighted by molar-refractivity contribution is 7.20. The normalized spacial score (nSPS) is 10.6. The van der Waals surface area contributed by atoms with E-state index in [1.165, 1.54) is 11.3 Å². The van der Waals surface area contributed by atoms with Crippen LogP contribution in [-0.4, -0.2) is 23.2 Å². The Morgan fingerprint density at radius 3 is 3.06 bits per heavy atom. The number of nitrogens with zero attached hydrogens (tertiary/aromatic N) is 1. The van der Waals surface area contributed by atoms with E-state index in [1.807, 2.05) is 18.2 Å². The zero-order chi connectivity index (χ0) is 11.5. The van der Waals surface area contributed by atoms with Gasteiger partial charge in [0.25, 0.3) is 5.19 Å². The van der Waals surface area contributed by atoms with E-state index in [0.717, 1.165) is 15.8 Å². The van der Waals surface area contributed by atoms with E-state index in [0.29, 0.717) is 11.6 Å². The smallest absolute Gasteiger partial charge is 0.303 e. The Bertz CT molecular complexity index is 521. The van der Waals surface area contributed by atoms with Crippen LogP contribution in [0.2, 0.25) is 0 Å². The molecule has 1 aromatic carbocycles. The number of methoxy groups -OCH3 is 1. The van der Waals surface area contributed by atoms with Gasteiger partial charge < -0.3 is 9.84 Å². The molecule has 0 aliphatic carbocycles. The van der Waals surface area contributed by atoms with Gasteiger partial charge in [0, 0.05) is 6.42 Å². The van der Waals surface area contributed by atoms with Crippen molar-refractivity contribution >= 4 is 27.5 Å². The summed E-state index contributed by atoms with van der Waals surface area (Å²) in [6, 6.07) is 5.77. The number of rotatable bonds is 4. The Kier molecular flexibility index (Phi) is 3.05. The van der Waals surface area contributed by atoms with Crippen molar-refractivity contribution < 1.29 is 14.6 Å². The van der Waals surface area contributed by atoms with Crippen LogP contribution in [0.5, 0.6) is 5.19 Å². The Balaban J connectivity index is 2.25. The summed E-state index contributed by atoms with van der Waals surface area (Å²) in [5.41, 5.74) is 1.90. The molecule has 0 amide bonds. The summed E-state index contributed by atoms with van der Waals surface area (Å²) in [6.07, 6.45) is 0.701. The number of aryl methyl sites for hydroxylation is 1. The number of hydrogen-bond donors (Lipinski definition) is 1. The van der Waals surface area contributed by atoms with Gasteiger partial charge >= 0.3 is 5.97 Å². The van der Waals surface area contributed by atoms with Crippen molar-refractivity contribution in [2.24, 2.45) is 0 Å². The molecule has 1 heterocycles. The second kappa shape index (κ2) is 4.49. The second-order valence-corrected chi connectivity index (χ2v) is 4.37. The number of ether oxygens (including phenoxy) is 1. The number of carboxylic acid groups (broad SMARTS) is 1. The number of benzene rings is 1. The maximum Gasteiger partial charge on any atom is 0.303 e. The van der Waals surface area contributed by atoms with Crippen molar-refractivity contribution in [3.8, 4) is 5.19 Å². The molecule has 0 aliphatic heterocycles. The first-order chi connectivity index (χ1) is 7.69. The molecule has 2 aromatic rings. The standard InChI is InChI=1S/C11H11NO3S/c1-15-11-12-8-4-2-7(3-5-10(13)14)6-9(8)16-11/h2,4,6H,3,5H2,1H3,(H,13,14). The van der Waals surface area contributed by atoms with Gasteiger partial charge in [-0.05, 0) is 24.1 Å². The fraction of sp³-hybridized carbons (Fsp3) is 0.273. The Morgan fingerprint density at radius 2 is 2.38 bits per heavy atom. The fourth-order valence-corrected chi connectivity index (χ4v) is 2.29. The van der Waals surface area contributed by atoms with Crippen LogP contribution in [0.1, 0.15) is 12.0 Å². The van der Waals surface area contributed by atoms with Gasteiger partial charge in [-0.2, -0.15) is 0 Å². The molecule has 0 unspecified atom stereocenters. The summed E-state index contributed by atoms with van der Waals surface area (Å²) in [5, 5.41) is 9.23. The molecule has 1 aromatic heterocycles. The lowest BCUT2D eigenvalue weighted by atomic mass is 10.1. The zero-order valence-electron chi connectivity index (χ0n) is 8.77. The van der Waals surface area contributed by atoms with Gasteiger partial charge in [0.05, 0.1) is 17.3 Å². The predicted octanol–water partition coefficient (Wildman–Crippen LogP) is 2.32. The van der Waals surface area contributed by atoms with E-state index < -0.39 is 5.97 Å². The topological polar surface area (TPSA) is 59.4 Å². The lowest BCUT2D eigenvalue weighted by Gasteiger charge is -1.97. The van der Waals surface area contributed by atoms with Crippen LogP contribution in [0, 0.1) is 0 Å². The first-order valence-electron chi connectivity index (χ1n) is 4.84. The quantitative estimate of drug-likeness (QED) is 0.886. The molecule has 0 aliphatic rings. The van der Waals surface area contributed by atoms with E-state index in [9.17, 15) is 4.79 Å². The van der Waals surface area contributed by atoms with Crippen LogP contribution in [0.4, 0.5) is 0 Å². The SMILES string of the molecule is COc1nc2ccc(CCC(=O)O)cc2s1. The van der Waals surface area contributed by atoms with Crippen molar-refractivity contribution in [1.29, 1.82) is 0 Å². The van der Waals surface area contributed by atoms with Crippen LogP contribution in [0.25, 0.3) is 10.2 Å². The van der Waals surface area contributed by atoms with Gasteiger partial charge in [-0.3, -0.25) is 4.79 Å². The molecule has 0 atom stereocenters. The summed E-state index contributed by atoms with van der Waals surface area (Å²) in [4.78, 5) is 14.7. The van der Waals surface area contributed by atoms with Crippen molar-refractivity contribution in [2.45, 2.75) is 12.8 Å². The zero-order valence-corrected chi connectivity index (χ0v) is 9.58. The number of aromatic nitrogens is 1. The third-order valence-corrected chi connectivity index (χ3v) is 3.21. The number of thiazole rings is 1. The Morgan fingerprint density at radius 1 is 1.56 bits per heavy atom. The van der Waals surface area contributed by atoms with Gasteiger partial charge in [0.15, 0.2) is 0 Å². The molecule has 0 saturated carbocycles. The van der Waals surface area contributed by atoms with Crippen LogP contribution < -0.4 is 4.74 Å². The van der Waals surface area contributed by atoms with E-state index >= 15 is 0 Å². The summed E-state index contributed by atoms with van der Waals surface area (Å²) < 4.78 is 6.08. The summed E-state index contributed by atoms with van der Waals surface area (Å²) in [7, 11) is 1.59. The molecule has 84 valence electrons. The maximum atomic E-state index is 10.5. The van der Waals surface area contributed by atoms with Crippen LogP contribution in [0.15, 0.2) is 18.2 Å². The molecule has 1 N–H and O–H groups in total. The van der Waals surface area contributed by atoms with E-state index in [4.69, 9.17) is 9.84 Å². The maximum absolute atomic E-state index is 10.5. The number of hydrogen-bond acceptors (Lipinski definition) is 4. The molecule has 16 heavy (non-hydrogen) atoms. The highest BCUT2D eigenvalue weighted by atomic mass is 32.1. The molecular formula is C11H11NO3S. The molecule has 4 nitrogen and oxygen atoms in total. The number of fused-ring (bicyclic) bond motifs is 1. The van der Waals surface area contributed by atoms with E-state index in [-0.39, 0.29) is 6.42 Å². The third-order valence-electron chi connectivity index (χ3n) is 2.24. The summed E-state index contributed by atoms with van der Waals surface area (Å²) in [5.74, 6) is -0.776. The fourth-order valence-electron chi connectivity index (χ4n) is 1.44. The first kappa shape index (κ1) is 10.9. The van der Waals surface area contributed by atoms with Gasteiger partial charge in [-0.1, -0.05) is 17.4 Å². The molecule has 0 saturated heterocycles. The van der Waals surface area contributed by atoms with Gasteiger partial charge in [-0.15, -0.1) is 0 Å². The van der Waals surface area contributed by atoms with Crippen molar-refractivity contribution in [3.63, 3.8) is 0 Å². The molecule has 0 bridgehead atoms. The minimum atomic E-state index is -0.776. The Hall–Kier alpha value is -1.62. The lowest BCUT2D eigenvalue weighted by molar-refractivity contribution is -0.136. The highest BCUT2D eigenvalue weighted by Crippen LogP contribution is 2.28. The number of carboxylic acids is 1. The molecule has 0 fully saturated rings. The van der Waals surface area contributed by atoms with Gasteiger partial charge in [0.2, 0.25) is 0 Å². The molecule has 5 heteroatoms. The van der Waals surface area contributed by atoms with Crippen molar-refractivity contribution in [1.82, 2.24) is 4.98 Å². The molecule has 2 rings (SSSR count). The monoisotopic (exact) mass is 237 g/mol. The summed E-state index contributed by atoms with van der Waals surface area (Å²) in [6.45, 7) is 0. The van der Waals surface area contributed by atoms with Crippen LogP contribution in [-0.2, 0) is 11.2 Å². The molecule has 0 radical (unpaired) electrons. The Labute approximate surface area is 96.5 Å². The van der Waals surface area contributed by atoms with Crippen molar-refractivity contribution in [3.05, 3.63) is 23.8 Å². The van der Waals surface area contributed by atoms with Gasteiger partial charge in [-0.25, -0.2) is 4.98 Å². The van der Waals surface area contributed by atoms with Gasteiger partial charge in [0.1, 0.15) is 0 Å². The second-order valence-electron chi connectivity index (χ2n) is 3.38. The first-order valence-corrected chi connectivity index (χ1v) is 5.66. The minimum Gasteiger partial charge on any atom is -0.481 e. The van der Waals surface area contributed by atoms with Crippen LogP contribution >= 0.6 is 11.3 Å². The van der Waals surface area contributed by atoms with E-state index in [1.54, 1.807) is 7.11 Å². The highest BCUT2D eigenvalue weighted by Gasteiger charge is 2.05. The number of carbonyl (C=O) groups is 1. The van der Waals surface area contributed by atoms with E-state index in [2.05, 4.69) is 4.98 Å². The largest absolute Gasteiger partial charge is 0.481 e.